The molecule has 1 atom stereocenters. The van der Waals surface area contributed by atoms with Crippen LogP contribution in [0.3, 0.4) is 0 Å². The molecule has 2 N–H and O–H groups in total. The van der Waals surface area contributed by atoms with Gasteiger partial charge in [-0.1, -0.05) is 18.2 Å². The van der Waals surface area contributed by atoms with Gasteiger partial charge in [-0.3, -0.25) is 23.4 Å². The minimum atomic E-state index is -0.821. The molecule has 3 aromatic heterocycles. The van der Waals surface area contributed by atoms with E-state index in [0.29, 0.717) is 22.7 Å². The molecule has 5 aromatic rings. The van der Waals surface area contributed by atoms with Gasteiger partial charge in [0.2, 0.25) is 11.8 Å². The molecule has 0 saturated carbocycles. The van der Waals surface area contributed by atoms with Crippen molar-refractivity contribution in [2.75, 3.05) is 13.7 Å². The van der Waals surface area contributed by atoms with Gasteiger partial charge in [-0.05, 0) is 55.0 Å². The summed E-state index contributed by atoms with van der Waals surface area (Å²) in [7, 11) is 1.53. The zero-order chi connectivity index (χ0) is 28.4. The Labute approximate surface area is 227 Å². The van der Waals surface area contributed by atoms with Gasteiger partial charge in [-0.15, -0.1) is 0 Å². The van der Waals surface area contributed by atoms with E-state index in [1.54, 1.807) is 55.6 Å². The fourth-order valence-corrected chi connectivity index (χ4v) is 4.75. The summed E-state index contributed by atoms with van der Waals surface area (Å²) in [4.78, 5) is 48.0. The number of carbonyl (C=O) groups is 1. The average Bonchev–Trinajstić information content (AvgIpc) is 2.95. The number of ether oxygens (including phenoxy) is 1. The van der Waals surface area contributed by atoms with Crippen molar-refractivity contribution in [2.24, 2.45) is 0 Å². The molecule has 3 heterocycles. The van der Waals surface area contributed by atoms with Crippen LogP contribution in [0.4, 0.5) is 4.39 Å². The molecule has 5 rings (SSSR count). The van der Waals surface area contributed by atoms with Crippen LogP contribution in [0.1, 0.15) is 29.3 Å². The smallest absolute Gasteiger partial charge is 0.265 e. The van der Waals surface area contributed by atoms with E-state index in [2.05, 4.69) is 15.3 Å². The maximum atomic E-state index is 13.7. The third kappa shape index (κ3) is 5.13. The van der Waals surface area contributed by atoms with Crippen LogP contribution in [-0.4, -0.2) is 43.6 Å². The zero-order valence-corrected chi connectivity index (χ0v) is 21.8. The maximum Gasteiger partial charge on any atom is 0.265 e. The summed E-state index contributed by atoms with van der Waals surface area (Å²) in [6.07, 6.45) is 1.37. The molecule has 2 aromatic carbocycles. The zero-order valence-electron chi connectivity index (χ0n) is 21.8. The van der Waals surface area contributed by atoms with Crippen molar-refractivity contribution in [2.45, 2.75) is 25.8 Å². The Hall–Kier alpha value is -5.06. The number of methoxy groups -OCH3 is 1. The van der Waals surface area contributed by atoms with Gasteiger partial charge in [-0.2, -0.15) is 4.98 Å². The number of hydrogen-bond donors (Lipinski definition) is 2. The second-order valence-corrected chi connectivity index (χ2v) is 9.24. The molecule has 0 aliphatic rings. The molecule has 0 spiro atoms. The summed E-state index contributed by atoms with van der Waals surface area (Å²) in [6, 6.07) is 15.6. The Kier molecular flexibility index (Phi) is 7.28. The predicted molar refractivity (Wildman–Crippen MR) is 146 cm³/mol. The first-order chi connectivity index (χ1) is 19.3. The number of aromatic nitrogens is 4. The van der Waals surface area contributed by atoms with Crippen molar-refractivity contribution in [1.82, 2.24) is 24.3 Å². The predicted octanol–water partition coefficient (Wildman–Crippen LogP) is 2.90. The molecule has 0 fully saturated rings. The first kappa shape index (κ1) is 26.5. The number of pyridine rings is 1. The molecular formula is C29H26FN5O5. The number of amides is 1. The lowest BCUT2D eigenvalue weighted by Gasteiger charge is -2.19. The number of hydrogen-bond acceptors (Lipinski definition) is 7. The van der Waals surface area contributed by atoms with E-state index in [1.807, 2.05) is 0 Å². The minimum absolute atomic E-state index is 0.0168. The Balaban J connectivity index is 1.41. The number of rotatable bonds is 8. The quantitative estimate of drug-likeness (QED) is 0.308. The molecule has 40 heavy (non-hydrogen) atoms. The van der Waals surface area contributed by atoms with Gasteiger partial charge in [0.25, 0.3) is 11.1 Å². The van der Waals surface area contributed by atoms with Crippen molar-refractivity contribution >= 4 is 22.5 Å². The van der Waals surface area contributed by atoms with E-state index in [0.717, 1.165) is 6.07 Å². The third-order valence-corrected chi connectivity index (χ3v) is 6.77. The second-order valence-electron chi connectivity index (χ2n) is 9.24. The van der Waals surface area contributed by atoms with Crippen LogP contribution in [-0.2, 0) is 11.3 Å². The van der Waals surface area contributed by atoms with Gasteiger partial charge < -0.3 is 15.2 Å². The number of benzene rings is 2. The Morgan fingerprint density at radius 1 is 1.07 bits per heavy atom. The fourth-order valence-electron chi connectivity index (χ4n) is 4.75. The van der Waals surface area contributed by atoms with Gasteiger partial charge >= 0.3 is 0 Å². The topological polar surface area (TPSA) is 128 Å². The van der Waals surface area contributed by atoms with Crippen molar-refractivity contribution in [3.63, 3.8) is 0 Å². The summed E-state index contributed by atoms with van der Waals surface area (Å²) >= 11 is 0. The number of halogens is 1. The van der Waals surface area contributed by atoms with Gasteiger partial charge in [0.05, 0.1) is 23.6 Å². The summed E-state index contributed by atoms with van der Waals surface area (Å²) < 4.78 is 21.6. The largest absolute Gasteiger partial charge is 0.497 e. The summed E-state index contributed by atoms with van der Waals surface area (Å²) in [5, 5.41) is 13.7. The lowest BCUT2D eigenvalue weighted by molar-refractivity contribution is -0.121. The fraction of sp³-hybridized carbons (Fsp3) is 0.207. The molecule has 1 amide bonds. The van der Waals surface area contributed by atoms with Crippen molar-refractivity contribution in [3.8, 4) is 11.6 Å². The molecule has 0 radical (unpaired) electrons. The highest BCUT2D eigenvalue weighted by atomic mass is 19.1. The number of carbonyl (C=O) groups excluding carboxylic acids is 1. The Bertz CT molecular complexity index is 1850. The molecule has 11 heteroatoms. The van der Waals surface area contributed by atoms with E-state index >= 15 is 0 Å². The summed E-state index contributed by atoms with van der Waals surface area (Å²) in [5.74, 6) is -1.21. The average molecular weight is 544 g/mol. The highest BCUT2D eigenvalue weighted by Gasteiger charge is 2.26. The second kappa shape index (κ2) is 11.0. The highest BCUT2D eigenvalue weighted by Crippen LogP contribution is 2.32. The van der Waals surface area contributed by atoms with Gasteiger partial charge in [0.15, 0.2) is 0 Å². The molecule has 10 nitrogen and oxygen atoms in total. The minimum Gasteiger partial charge on any atom is -0.497 e. The molecular weight excluding hydrogens is 517 g/mol. The van der Waals surface area contributed by atoms with Crippen LogP contribution in [0, 0.1) is 12.7 Å². The van der Waals surface area contributed by atoms with E-state index in [9.17, 15) is 23.9 Å². The molecule has 0 saturated heterocycles. The van der Waals surface area contributed by atoms with E-state index in [-0.39, 0.29) is 36.1 Å². The van der Waals surface area contributed by atoms with Gasteiger partial charge in [-0.25, -0.2) is 9.37 Å². The first-order valence-corrected chi connectivity index (χ1v) is 12.5. The number of nitrogens with zero attached hydrogens (tertiary/aromatic N) is 4. The maximum absolute atomic E-state index is 13.7. The van der Waals surface area contributed by atoms with Crippen LogP contribution in [0.15, 0.2) is 76.4 Å². The SMILES string of the molecule is COc1ccc(C(CC(=O)NCCn2c(C)nc3ccc(F)cc3c2=O)c2c(O)nc3ccccn3c2=O)cc1. The number of aromatic hydroxyl groups is 1. The molecule has 1 unspecified atom stereocenters. The monoisotopic (exact) mass is 543 g/mol. The van der Waals surface area contributed by atoms with Crippen LogP contribution in [0.25, 0.3) is 16.6 Å². The summed E-state index contributed by atoms with van der Waals surface area (Å²) in [6.45, 7) is 1.85. The van der Waals surface area contributed by atoms with Crippen LogP contribution in [0.5, 0.6) is 11.6 Å². The lowest BCUT2D eigenvalue weighted by atomic mass is 9.89. The van der Waals surface area contributed by atoms with Crippen molar-refractivity contribution in [3.05, 3.63) is 110 Å². The van der Waals surface area contributed by atoms with Gasteiger partial charge in [0.1, 0.15) is 23.0 Å². The highest BCUT2D eigenvalue weighted by molar-refractivity contribution is 5.78. The Morgan fingerprint density at radius 2 is 1.85 bits per heavy atom. The van der Waals surface area contributed by atoms with Crippen LogP contribution >= 0.6 is 0 Å². The normalized spacial score (nSPS) is 12.0. The lowest BCUT2D eigenvalue weighted by Crippen LogP contribution is -2.33. The van der Waals surface area contributed by atoms with Crippen LogP contribution in [0.2, 0.25) is 0 Å². The number of nitrogens with one attached hydrogen (secondary N) is 1. The summed E-state index contributed by atoms with van der Waals surface area (Å²) in [5.41, 5.74) is 0.351. The van der Waals surface area contributed by atoms with Gasteiger partial charge in [0, 0.05) is 31.6 Å². The molecule has 0 bridgehead atoms. The van der Waals surface area contributed by atoms with Crippen molar-refractivity contribution in [1.29, 1.82) is 0 Å². The number of fused-ring (bicyclic) bond motifs is 2. The van der Waals surface area contributed by atoms with E-state index in [1.165, 1.54) is 28.2 Å². The molecule has 0 aliphatic heterocycles. The molecule has 0 aliphatic carbocycles. The van der Waals surface area contributed by atoms with E-state index in [4.69, 9.17) is 4.74 Å². The van der Waals surface area contributed by atoms with Crippen LogP contribution < -0.4 is 21.2 Å². The Morgan fingerprint density at radius 3 is 2.60 bits per heavy atom. The molecule has 204 valence electrons. The van der Waals surface area contributed by atoms with E-state index < -0.39 is 34.6 Å². The van der Waals surface area contributed by atoms with Crippen molar-refractivity contribution < 1.29 is 19.0 Å². The third-order valence-electron chi connectivity index (χ3n) is 6.77. The first-order valence-electron chi connectivity index (χ1n) is 12.5. The number of aryl methyl sites for hydroxylation is 1. The standard InChI is InChI=1S/C29H26FN5O5/c1-17-32-23-11-8-19(30)15-22(23)28(38)34(17)14-12-31-25(36)16-21(18-6-9-20(40-2)10-7-18)26-27(37)33-24-5-3-4-13-35(24)29(26)39/h3-11,13,15,21,37H,12,14,16H2,1-2H3,(H,31,36).